The van der Waals surface area contributed by atoms with E-state index in [1.807, 2.05) is 20.0 Å². The zero-order valence-electron chi connectivity index (χ0n) is 15.7. The molecule has 0 bridgehead atoms. The minimum Gasteiger partial charge on any atom is -0.207 e. The van der Waals surface area contributed by atoms with Crippen LogP contribution in [0.5, 0.6) is 0 Å². The lowest BCUT2D eigenvalue weighted by Crippen LogP contribution is -2.32. The van der Waals surface area contributed by atoms with E-state index in [9.17, 15) is 4.39 Å². The first-order valence-corrected chi connectivity index (χ1v) is 8.22. The second-order valence-electron chi connectivity index (χ2n) is 8.56. The van der Waals surface area contributed by atoms with E-state index in [2.05, 4.69) is 64.4 Å². The number of aryl methyl sites for hydroxylation is 2. The highest BCUT2D eigenvalue weighted by molar-refractivity contribution is 5.63. The fourth-order valence-electron chi connectivity index (χ4n) is 2.83. The van der Waals surface area contributed by atoms with E-state index in [0.717, 1.165) is 22.4 Å². The van der Waals surface area contributed by atoms with Crippen molar-refractivity contribution >= 4 is 0 Å². The van der Waals surface area contributed by atoms with Crippen LogP contribution in [-0.4, -0.2) is 0 Å². The van der Waals surface area contributed by atoms with Crippen molar-refractivity contribution in [3.05, 3.63) is 53.0 Å². The number of nitrogens with zero attached hydrogens (tertiary/aromatic N) is 1. The van der Waals surface area contributed by atoms with Gasteiger partial charge in [-0.3, -0.25) is 0 Å². The quantitative estimate of drug-likeness (QED) is 0.635. The topological polar surface area (TPSA) is 3.88 Å². The third-order valence-electron chi connectivity index (χ3n) is 4.41. The standard InChI is InChI=1S/C21H29FN/c1-14-11-18(22)17(21(5,6)7)13-16(14)19-12-15(20(2,3)4)9-10-23(19)8/h9-13H,1-8H3/q+1. The Labute approximate surface area is 140 Å². The molecule has 0 saturated carbocycles. The number of rotatable bonds is 1. The van der Waals surface area contributed by atoms with E-state index in [4.69, 9.17) is 0 Å². The molecule has 0 saturated heterocycles. The van der Waals surface area contributed by atoms with Crippen LogP contribution in [0.1, 0.15) is 58.2 Å². The Morgan fingerprint density at radius 3 is 2.04 bits per heavy atom. The van der Waals surface area contributed by atoms with Gasteiger partial charge in [-0.25, -0.2) is 8.96 Å². The van der Waals surface area contributed by atoms with Gasteiger partial charge in [-0.1, -0.05) is 41.5 Å². The van der Waals surface area contributed by atoms with E-state index in [1.54, 1.807) is 6.07 Å². The van der Waals surface area contributed by atoms with Crippen LogP contribution in [0.3, 0.4) is 0 Å². The summed E-state index contributed by atoms with van der Waals surface area (Å²) in [7, 11) is 2.04. The molecule has 0 aliphatic heterocycles. The number of aromatic nitrogens is 1. The maximum atomic E-state index is 14.4. The van der Waals surface area contributed by atoms with Crippen molar-refractivity contribution in [2.75, 3.05) is 0 Å². The Morgan fingerprint density at radius 2 is 1.52 bits per heavy atom. The van der Waals surface area contributed by atoms with Crippen LogP contribution >= 0.6 is 0 Å². The first-order chi connectivity index (χ1) is 10.4. The Bertz CT molecular complexity index is 731. The molecule has 0 aliphatic rings. The highest BCUT2D eigenvalue weighted by Crippen LogP contribution is 2.32. The fraction of sp³-hybridized carbons (Fsp3) is 0.476. The van der Waals surface area contributed by atoms with E-state index in [-0.39, 0.29) is 16.6 Å². The van der Waals surface area contributed by atoms with Crippen LogP contribution in [0.2, 0.25) is 0 Å². The van der Waals surface area contributed by atoms with Crippen molar-refractivity contribution in [3.8, 4) is 11.3 Å². The minimum absolute atomic E-state index is 0.0871. The Hall–Kier alpha value is -1.70. The molecular weight excluding hydrogens is 285 g/mol. The minimum atomic E-state index is -0.216. The van der Waals surface area contributed by atoms with Gasteiger partial charge in [-0.15, -0.1) is 0 Å². The third-order valence-corrected chi connectivity index (χ3v) is 4.41. The summed E-state index contributed by atoms with van der Waals surface area (Å²) in [4.78, 5) is 0. The fourth-order valence-corrected chi connectivity index (χ4v) is 2.83. The van der Waals surface area contributed by atoms with Gasteiger partial charge in [0.15, 0.2) is 6.20 Å². The normalized spacial score (nSPS) is 12.6. The first kappa shape index (κ1) is 17.7. The van der Waals surface area contributed by atoms with Gasteiger partial charge in [0, 0.05) is 17.7 Å². The maximum Gasteiger partial charge on any atom is 0.212 e. The summed E-state index contributed by atoms with van der Waals surface area (Å²) >= 11 is 0. The Morgan fingerprint density at radius 1 is 0.913 bits per heavy atom. The van der Waals surface area contributed by atoms with Crippen molar-refractivity contribution in [2.45, 2.75) is 59.3 Å². The summed E-state index contributed by atoms with van der Waals surface area (Å²) < 4.78 is 16.5. The second kappa shape index (κ2) is 5.74. The molecule has 0 amide bonds. The van der Waals surface area contributed by atoms with Gasteiger partial charge in [-0.2, -0.15) is 0 Å². The predicted molar refractivity (Wildman–Crippen MR) is 95.1 cm³/mol. The molecule has 0 fully saturated rings. The summed E-state index contributed by atoms with van der Waals surface area (Å²) in [5.41, 5.74) is 5.12. The molecule has 124 valence electrons. The second-order valence-corrected chi connectivity index (χ2v) is 8.56. The molecule has 1 aromatic carbocycles. The zero-order valence-corrected chi connectivity index (χ0v) is 15.7. The van der Waals surface area contributed by atoms with Gasteiger partial charge in [0.1, 0.15) is 12.9 Å². The van der Waals surface area contributed by atoms with Gasteiger partial charge < -0.3 is 0 Å². The molecule has 23 heavy (non-hydrogen) atoms. The van der Waals surface area contributed by atoms with E-state index in [1.165, 1.54) is 5.56 Å². The van der Waals surface area contributed by atoms with Crippen molar-refractivity contribution in [3.63, 3.8) is 0 Å². The van der Waals surface area contributed by atoms with Gasteiger partial charge in [0.25, 0.3) is 0 Å². The van der Waals surface area contributed by atoms with Crippen LogP contribution in [0.25, 0.3) is 11.3 Å². The summed E-state index contributed by atoms with van der Waals surface area (Å²) in [6, 6.07) is 8.08. The van der Waals surface area contributed by atoms with E-state index < -0.39 is 0 Å². The largest absolute Gasteiger partial charge is 0.212 e. The predicted octanol–water partition coefficient (Wildman–Crippen LogP) is 5.22. The molecule has 1 aromatic heterocycles. The van der Waals surface area contributed by atoms with Crippen LogP contribution in [-0.2, 0) is 17.9 Å². The first-order valence-electron chi connectivity index (χ1n) is 8.22. The molecule has 0 unspecified atom stereocenters. The molecule has 0 radical (unpaired) electrons. The van der Waals surface area contributed by atoms with Crippen molar-refractivity contribution in [1.82, 2.24) is 0 Å². The number of hydrogen-bond acceptors (Lipinski definition) is 0. The van der Waals surface area contributed by atoms with Crippen molar-refractivity contribution in [2.24, 2.45) is 7.05 Å². The molecule has 2 heteroatoms. The summed E-state index contributed by atoms with van der Waals surface area (Å²) in [5, 5.41) is 0. The molecule has 0 atom stereocenters. The van der Waals surface area contributed by atoms with Crippen LogP contribution < -0.4 is 4.57 Å². The van der Waals surface area contributed by atoms with Gasteiger partial charge in [0.05, 0.1) is 0 Å². The maximum absolute atomic E-state index is 14.4. The zero-order chi connectivity index (χ0) is 17.6. The molecule has 0 aliphatic carbocycles. The molecule has 0 spiro atoms. The molecular formula is C21H29FN+. The Balaban J connectivity index is 2.72. The van der Waals surface area contributed by atoms with Crippen LogP contribution in [0.4, 0.5) is 4.39 Å². The number of pyridine rings is 1. The van der Waals surface area contributed by atoms with Crippen LogP contribution in [0, 0.1) is 12.7 Å². The smallest absolute Gasteiger partial charge is 0.207 e. The summed E-state index contributed by atoms with van der Waals surface area (Å²) in [6.45, 7) is 14.8. The molecule has 0 N–H and O–H groups in total. The molecule has 2 rings (SSSR count). The number of halogens is 1. The lowest BCUT2D eigenvalue weighted by Gasteiger charge is -2.22. The SMILES string of the molecule is Cc1cc(F)c(C(C)(C)C)cc1-c1cc(C(C)(C)C)cc[n+]1C. The van der Waals surface area contributed by atoms with Crippen LogP contribution in [0.15, 0.2) is 30.5 Å². The van der Waals surface area contributed by atoms with E-state index in [0.29, 0.717) is 0 Å². The monoisotopic (exact) mass is 314 g/mol. The number of benzene rings is 1. The average Bonchev–Trinajstić information content (AvgIpc) is 2.37. The average molecular weight is 314 g/mol. The molecule has 1 heterocycles. The Kier molecular flexibility index (Phi) is 4.40. The lowest BCUT2D eigenvalue weighted by molar-refractivity contribution is -0.660. The molecule has 2 aromatic rings. The van der Waals surface area contributed by atoms with Gasteiger partial charge in [0.2, 0.25) is 5.69 Å². The van der Waals surface area contributed by atoms with Crippen molar-refractivity contribution < 1.29 is 8.96 Å². The highest BCUT2D eigenvalue weighted by Gasteiger charge is 2.24. The van der Waals surface area contributed by atoms with Gasteiger partial charge in [-0.05, 0) is 46.6 Å². The van der Waals surface area contributed by atoms with Crippen molar-refractivity contribution in [1.29, 1.82) is 0 Å². The third kappa shape index (κ3) is 3.63. The number of hydrogen-bond donors (Lipinski definition) is 0. The summed E-state index contributed by atoms with van der Waals surface area (Å²) in [6.07, 6.45) is 2.09. The van der Waals surface area contributed by atoms with E-state index >= 15 is 0 Å². The highest BCUT2D eigenvalue weighted by atomic mass is 19.1. The lowest BCUT2D eigenvalue weighted by atomic mass is 9.83. The molecule has 1 nitrogen and oxygen atoms in total. The summed E-state index contributed by atoms with van der Waals surface area (Å²) in [5.74, 6) is -0.117. The van der Waals surface area contributed by atoms with Gasteiger partial charge >= 0.3 is 0 Å².